The van der Waals surface area contributed by atoms with E-state index in [-0.39, 0.29) is 25.8 Å². The Morgan fingerprint density at radius 2 is 1.97 bits per heavy atom. The zero-order valence-electron chi connectivity index (χ0n) is 17.4. The molecule has 0 N–H and O–H groups in total. The van der Waals surface area contributed by atoms with Crippen molar-refractivity contribution in [3.63, 3.8) is 0 Å². The second kappa shape index (κ2) is 9.98. The number of aromatic nitrogens is 1. The molecule has 162 valence electrons. The molecule has 1 unspecified atom stereocenters. The van der Waals surface area contributed by atoms with Crippen molar-refractivity contribution in [2.75, 3.05) is 26.8 Å². The Morgan fingerprint density at radius 1 is 1.20 bits per heavy atom. The van der Waals surface area contributed by atoms with Crippen LogP contribution in [0.1, 0.15) is 38.7 Å². The normalized spacial score (nSPS) is 24.3. The monoisotopic (exact) mass is 421 g/mol. The van der Waals surface area contributed by atoms with E-state index in [1.54, 1.807) is 23.4 Å². The highest BCUT2D eigenvalue weighted by molar-refractivity contribution is 6.32. The highest BCUT2D eigenvalue weighted by atomic mass is 19.4. The van der Waals surface area contributed by atoms with E-state index in [9.17, 15) is 13.2 Å². The van der Waals surface area contributed by atoms with Crippen LogP contribution in [0.3, 0.4) is 0 Å². The summed E-state index contributed by atoms with van der Waals surface area (Å²) in [4.78, 5) is 7.88. The zero-order valence-corrected chi connectivity index (χ0v) is 17.4. The molecule has 9 heteroatoms. The van der Waals surface area contributed by atoms with Gasteiger partial charge in [0.25, 0.3) is 0 Å². The summed E-state index contributed by atoms with van der Waals surface area (Å²) in [5.74, 6) is -1.44. The molecule has 1 aliphatic carbocycles. The second-order valence-electron chi connectivity index (χ2n) is 7.88. The first kappa shape index (κ1) is 22.8. The first-order chi connectivity index (χ1) is 14.3. The lowest BCUT2D eigenvalue weighted by molar-refractivity contribution is -0.164. The molecule has 1 aromatic rings. The number of alkyl halides is 3. The Hall–Kier alpha value is -1.84. The molecule has 0 fully saturated rings. The molecule has 0 bridgehead atoms. The molecule has 2 radical (unpaired) electrons. The van der Waals surface area contributed by atoms with Gasteiger partial charge in [0.05, 0.1) is 12.5 Å². The van der Waals surface area contributed by atoms with Crippen molar-refractivity contribution >= 4 is 19.0 Å². The molecule has 1 aromatic heterocycles. The minimum absolute atomic E-state index is 0.109. The summed E-state index contributed by atoms with van der Waals surface area (Å²) in [5.41, 5.74) is 2.38. The lowest BCUT2D eigenvalue weighted by Gasteiger charge is -2.33. The van der Waals surface area contributed by atoms with Crippen LogP contribution in [-0.4, -0.2) is 61.6 Å². The average Bonchev–Trinajstić information content (AvgIpc) is 2.71. The highest BCUT2D eigenvalue weighted by Gasteiger charge is 2.39. The third kappa shape index (κ3) is 5.86. The quantitative estimate of drug-likeness (QED) is 0.700. The molecule has 2 heterocycles. The Kier molecular flexibility index (Phi) is 7.60. The molecule has 0 saturated heterocycles. The van der Waals surface area contributed by atoms with Crippen LogP contribution >= 0.6 is 0 Å². The van der Waals surface area contributed by atoms with Crippen molar-refractivity contribution in [2.45, 2.75) is 45.3 Å². The van der Waals surface area contributed by atoms with Crippen molar-refractivity contribution in [1.82, 2.24) is 14.8 Å². The number of halogens is 3. The van der Waals surface area contributed by atoms with E-state index in [1.807, 2.05) is 24.8 Å². The first-order valence-corrected chi connectivity index (χ1v) is 10.1. The first-order valence-electron chi connectivity index (χ1n) is 10.1. The van der Waals surface area contributed by atoms with Crippen LogP contribution in [0.5, 0.6) is 0 Å². The minimum atomic E-state index is -4.25. The van der Waals surface area contributed by atoms with Gasteiger partial charge in [-0.25, -0.2) is 0 Å². The molecule has 30 heavy (non-hydrogen) atoms. The minimum Gasteiger partial charge on any atom is -0.361 e. The van der Waals surface area contributed by atoms with Gasteiger partial charge >= 0.3 is 6.18 Å². The summed E-state index contributed by atoms with van der Waals surface area (Å²) in [6, 6.07) is 3.79. The third-order valence-corrected chi connectivity index (χ3v) is 5.36. The maximum Gasteiger partial charge on any atom is 0.395 e. The number of allylic oxidation sites excluding steroid dienone is 2. The summed E-state index contributed by atoms with van der Waals surface area (Å²) in [6.45, 7) is 5.15. The van der Waals surface area contributed by atoms with E-state index in [4.69, 9.17) is 17.3 Å². The second-order valence-corrected chi connectivity index (χ2v) is 7.88. The predicted octanol–water partition coefficient (Wildman–Crippen LogP) is 3.39. The molecule has 0 aromatic carbocycles. The van der Waals surface area contributed by atoms with Crippen LogP contribution in [0.4, 0.5) is 13.2 Å². The number of hydrogen-bond acceptors (Lipinski definition) is 5. The van der Waals surface area contributed by atoms with Gasteiger partial charge in [0.1, 0.15) is 28.0 Å². The van der Waals surface area contributed by atoms with Crippen LogP contribution in [-0.2, 0) is 9.47 Å². The van der Waals surface area contributed by atoms with Crippen molar-refractivity contribution in [2.24, 2.45) is 5.92 Å². The van der Waals surface area contributed by atoms with Gasteiger partial charge in [-0.15, -0.1) is 0 Å². The van der Waals surface area contributed by atoms with Crippen LogP contribution in [0.15, 0.2) is 36.3 Å². The van der Waals surface area contributed by atoms with Gasteiger partial charge < -0.3 is 14.4 Å². The van der Waals surface area contributed by atoms with Crippen molar-refractivity contribution < 1.29 is 22.6 Å². The lowest BCUT2D eigenvalue weighted by Crippen LogP contribution is -2.38. The van der Waals surface area contributed by atoms with Crippen LogP contribution in [0.2, 0.25) is 0 Å². The highest BCUT2D eigenvalue weighted by Crippen LogP contribution is 2.37. The predicted molar refractivity (Wildman–Crippen MR) is 110 cm³/mol. The van der Waals surface area contributed by atoms with Gasteiger partial charge in [0.2, 0.25) is 0 Å². The van der Waals surface area contributed by atoms with Crippen LogP contribution in [0, 0.1) is 5.92 Å². The van der Waals surface area contributed by atoms with Gasteiger partial charge in [-0.1, -0.05) is 12.1 Å². The Bertz CT molecular complexity index is 783. The molecule has 3 rings (SSSR count). The summed E-state index contributed by atoms with van der Waals surface area (Å²) in [5, 5.41) is 0. The van der Waals surface area contributed by atoms with Gasteiger partial charge in [-0.2, -0.15) is 13.2 Å². The van der Waals surface area contributed by atoms with E-state index >= 15 is 0 Å². The molecule has 0 amide bonds. The molecule has 0 saturated carbocycles. The van der Waals surface area contributed by atoms with E-state index in [0.717, 1.165) is 5.57 Å². The number of pyridine rings is 1. The van der Waals surface area contributed by atoms with Crippen LogP contribution < -0.4 is 5.59 Å². The molecular weight excluding hydrogens is 394 g/mol. The Labute approximate surface area is 176 Å². The smallest absolute Gasteiger partial charge is 0.361 e. The topological polar surface area (TPSA) is 37.8 Å². The Morgan fingerprint density at radius 3 is 2.67 bits per heavy atom. The van der Waals surface area contributed by atoms with E-state index in [1.165, 1.54) is 6.08 Å². The maximum atomic E-state index is 13.3. The molecule has 5 nitrogen and oxygen atoms in total. The van der Waals surface area contributed by atoms with E-state index < -0.39 is 12.1 Å². The molecule has 1 atom stereocenters. The fraction of sp³-hybridized carbons (Fsp3) is 0.571. The Balaban J connectivity index is 1.96. The fourth-order valence-corrected chi connectivity index (χ4v) is 3.53. The van der Waals surface area contributed by atoms with Gasteiger partial charge in [0, 0.05) is 29.7 Å². The van der Waals surface area contributed by atoms with Gasteiger partial charge in [-0.3, -0.25) is 9.88 Å². The lowest BCUT2D eigenvalue weighted by atomic mass is 9.92. The SMILES string of the molecule is [B]c1ncccc1/C1=C/N(C2=CC(C(F)(F)F)CCC2)COCN(C(C)C)COC1. The van der Waals surface area contributed by atoms with Crippen molar-refractivity contribution in [3.8, 4) is 0 Å². The zero-order chi connectivity index (χ0) is 21.7. The van der Waals surface area contributed by atoms with E-state index in [2.05, 4.69) is 4.98 Å². The summed E-state index contributed by atoms with van der Waals surface area (Å²) >= 11 is 0. The summed E-state index contributed by atoms with van der Waals surface area (Å²) in [7, 11) is 6.06. The van der Waals surface area contributed by atoms with E-state index in [0.29, 0.717) is 43.2 Å². The molecular formula is C21H27BF3N3O2. The summed E-state index contributed by atoms with van der Waals surface area (Å²) < 4.78 is 51.7. The summed E-state index contributed by atoms with van der Waals surface area (Å²) in [6.07, 6.45) is 1.58. The average molecular weight is 421 g/mol. The number of ether oxygens (including phenoxy) is 2. The maximum absolute atomic E-state index is 13.3. The number of rotatable bonds is 3. The standard InChI is InChI=1S/C21H27BF3N3O2/c1-15(2)28-13-29-11-16(19-7-4-8-26-20(19)22)10-27(12-30-14-28)18-6-3-5-17(9-18)21(23,24)25/h4,7-10,15,17H,3,5-6,11-14H2,1-2H3/b16-10+. The largest absolute Gasteiger partial charge is 0.395 e. The van der Waals surface area contributed by atoms with Gasteiger partial charge in [-0.05, 0) is 50.3 Å². The van der Waals surface area contributed by atoms with Crippen molar-refractivity contribution in [1.29, 1.82) is 0 Å². The fourth-order valence-electron chi connectivity index (χ4n) is 3.53. The van der Waals surface area contributed by atoms with Crippen LogP contribution in [0.25, 0.3) is 5.57 Å². The van der Waals surface area contributed by atoms with Crippen molar-refractivity contribution in [3.05, 3.63) is 41.9 Å². The number of nitrogens with zero attached hydrogens (tertiary/aromatic N) is 3. The molecule has 0 spiro atoms. The molecule has 2 aliphatic rings. The molecule has 1 aliphatic heterocycles. The third-order valence-electron chi connectivity index (χ3n) is 5.36. The number of hydrogen-bond donors (Lipinski definition) is 0. The van der Waals surface area contributed by atoms with Gasteiger partial charge in [0.15, 0.2) is 0 Å².